The van der Waals surface area contributed by atoms with Crippen molar-refractivity contribution in [2.75, 3.05) is 12.3 Å². The smallest absolute Gasteiger partial charge is 0.269 e. The number of hydrogen-bond acceptors (Lipinski definition) is 6. The molecular formula is C14H15N5O3. The molecule has 0 atom stereocenters. The highest BCUT2D eigenvalue weighted by Gasteiger charge is 2.21. The Morgan fingerprint density at radius 2 is 2.09 bits per heavy atom. The summed E-state index contributed by atoms with van der Waals surface area (Å²) < 4.78 is 0. The minimum Gasteiger partial charge on any atom is -0.369 e. The molecular weight excluding hydrogens is 286 g/mol. The maximum atomic E-state index is 11.9. The zero-order valence-electron chi connectivity index (χ0n) is 11.8. The van der Waals surface area contributed by atoms with Crippen molar-refractivity contribution in [1.82, 2.24) is 14.9 Å². The van der Waals surface area contributed by atoms with Crippen molar-refractivity contribution in [1.29, 1.82) is 0 Å². The summed E-state index contributed by atoms with van der Waals surface area (Å²) in [6.45, 7) is 1.88. The molecule has 0 aliphatic carbocycles. The number of non-ortho nitro benzene ring substituents is 1. The van der Waals surface area contributed by atoms with Crippen LogP contribution in [0.1, 0.15) is 16.8 Å². The Kier molecular flexibility index (Phi) is 3.60. The van der Waals surface area contributed by atoms with E-state index >= 15 is 0 Å². The van der Waals surface area contributed by atoms with Gasteiger partial charge >= 0.3 is 0 Å². The third kappa shape index (κ3) is 2.82. The number of nitro groups is 1. The van der Waals surface area contributed by atoms with Crippen LogP contribution in [0.4, 0.5) is 11.6 Å². The number of aromatic amines is 1. The fraction of sp³-hybridized carbons (Fsp3) is 0.286. The first-order valence-corrected chi connectivity index (χ1v) is 6.86. The molecule has 0 fully saturated rings. The molecule has 114 valence electrons. The van der Waals surface area contributed by atoms with Crippen molar-refractivity contribution in [3.63, 3.8) is 0 Å². The number of fused-ring (bicyclic) bond motifs is 1. The number of hydrogen-bond donors (Lipinski definition) is 2. The predicted octanol–water partition coefficient (Wildman–Crippen LogP) is 0.819. The van der Waals surface area contributed by atoms with Gasteiger partial charge in [-0.05, 0) is 5.56 Å². The Hall–Kier alpha value is -2.74. The van der Waals surface area contributed by atoms with E-state index in [1.807, 2.05) is 0 Å². The molecule has 0 saturated heterocycles. The van der Waals surface area contributed by atoms with Gasteiger partial charge in [0.1, 0.15) is 0 Å². The fourth-order valence-electron chi connectivity index (χ4n) is 2.62. The average Bonchev–Trinajstić information content (AvgIpc) is 2.48. The van der Waals surface area contributed by atoms with Crippen LogP contribution in [0.15, 0.2) is 29.1 Å². The molecule has 3 rings (SSSR count). The molecule has 2 heterocycles. The molecule has 22 heavy (non-hydrogen) atoms. The quantitative estimate of drug-likeness (QED) is 0.640. The number of nitrogens with zero attached hydrogens (tertiary/aromatic N) is 3. The molecule has 0 saturated carbocycles. The lowest BCUT2D eigenvalue weighted by atomic mass is 10.1. The normalized spacial score (nSPS) is 14.5. The molecule has 0 radical (unpaired) electrons. The standard InChI is InChI=1S/C14H15N5O3/c15-14-16-12-5-6-18(8-11(12)13(20)17-14)7-9-1-3-10(4-2-9)19(21)22/h1-4H,5-8H2,(H3,15,16,17,20). The number of H-pyrrole nitrogens is 1. The van der Waals surface area contributed by atoms with Gasteiger partial charge in [-0.1, -0.05) is 12.1 Å². The van der Waals surface area contributed by atoms with Gasteiger partial charge in [0.05, 0.1) is 16.2 Å². The summed E-state index contributed by atoms with van der Waals surface area (Å²) in [5.41, 5.74) is 7.78. The van der Waals surface area contributed by atoms with E-state index in [0.29, 0.717) is 25.1 Å². The van der Waals surface area contributed by atoms with Gasteiger partial charge in [0.15, 0.2) is 0 Å². The SMILES string of the molecule is Nc1nc2c(c(=O)[nH]1)CN(Cc1ccc([N+](=O)[O-])cc1)CC2. The van der Waals surface area contributed by atoms with Crippen LogP contribution in [-0.4, -0.2) is 26.3 Å². The molecule has 0 spiro atoms. The zero-order valence-corrected chi connectivity index (χ0v) is 11.8. The Morgan fingerprint density at radius 3 is 2.77 bits per heavy atom. The molecule has 2 aromatic rings. The maximum Gasteiger partial charge on any atom is 0.269 e. The third-order valence-corrected chi connectivity index (χ3v) is 3.72. The average molecular weight is 301 g/mol. The number of rotatable bonds is 3. The summed E-state index contributed by atoms with van der Waals surface area (Å²) in [5, 5.41) is 10.6. The minimum atomic E-state index is -0.420. The summed E-state index contributed by atoms with van der Waals surface area (Å²) in [6.07, 6.45) is 0.663. The van der Waals surface area contributed by atoms with E-state index in [1.54, 1.807) is 12.1 Å². The lowest BCUT2D eigenvalue weighted by Gasteiger charge is -2.27. The Morgan fingerprint density at radius 1 is 1.36 bits per heavy atom. The van der Waals surface area contributed by atoms with Gasteiger partial charge in [0.25, 0.3) is 11.2 Å². The van der Waals surface area contributed by atoms with Crippen molar-refractivity contribution >= 4 is 11.6 Å². The van der Waals surface area contributed by atoms with Crippen molar-refractivity contribution < 1.29 is 4.92 Å². The highest BCUT2D eigenvalue weighted by Crippen LogP contribution is 2.18. The minimum absolute atomic E-state index is 0.0730. The number of anilines is 1. The fourth-order valence-corrected chi connectivity index (χ4v) is 2.62. The Bertz CT molecular complexity index is 769. The Balaban J connectivity index is 1.75. The number of nitrogens with one attached hydrogen (secondary N) is 1. The summed E-state index contributed by atoms with van der Waals surface area (Å²) in [5.74, 6) is 0.146. The zero-order chi connectivity index (χ0) is 15.7. The molecule has 1 aliphatic rings. The number of aromatic nitrogens is 2. The van der Waals surface area contributed by atoms with Crippen LogP contribution in [0.3, 0.4) is 0 Å². The summed E-state index contributed by atoms with van der Waals surface area (Å²) in [4.78, 5) is 30.9. The largest absolute Gasteiger partial charge is 0.369 e. The second-order valence-electron chi connectivity index (χ2n) is 5.26. The van der Waals surface area contributed by atoms with Crippen LogP contribution in [0.25, 0.3) is 0 Å². The molecule has 1 aromatic heterocycles. The maximum absolute atomic E-state index is 11.9. The number of nitro benzene ring substituents is 1. The first kappa shape index (κ1) is 14.2. The first-order chi connectivity index (χ1) is 10.5. The molecule has 8 heteroatoms. The second kappa shape index (κ2) is 5.57. The number of nitrogens with two attached hydrogens (primary N) is 1. The lowest BCUT2D eigenvalue weighted by molar-refractivity contribution is -0.384. The molecule has 3 N–H and O–H groups in total. The second-order valence-corrected chi connectivity index (χ2v) is 5.26. The lowest BCUT2D eigenvalue weighted by Crippen LogP contribution is -2.35. The van der Waals surface area contributed by atoms with Gasteiger partial charge in [0, 0.05) is 38.2 Å². The van der Waals surface area contributed by atoms with Crippen LogP contribution in [0.5, 0.6) is 0 Å². The van der Waals surface area contributed by atoms with E-state index in [9.17, 15) is 14.9 Å². The van der Waals surface area contributed by atoms with Gasteiger partial charge in [-0.25, -0.2) is 4.98 Å². The van der Waals surface area contributed by atoms with Crippen LogP contribution < -0.4 is 11.3 Å². The van der Waals surface area contributed by atoms with Gasteiger partial charge in [-0.15, -0.1) is 0 Å². The molecule has 8 nitrogen and oxygen atoms in total. The summed E-state index contributed by atoms with van der Waals surface area (Å²) in [7, 11) is 0. The number of nitrogen functional groups attached to an aromatic ring is 1. The van der Waals surface area contributed by atoms with Crippen molar-refractivity contribution in [2.24, 2.45) is 0 Å². The summed E-state index contributed by atoms with van der Waals surface area (Å²) in [6, 6.07) is 6.45. The molecule has 0 bridgehead atoms. The highest BCUT2D eigenvalue weighted by molar-refractivity contribution is 5.33. The van der Waals surface area contributed by atoms with Crippen LogP contribution in [0.2, 0.25) is 0 Å². The highest BCUT2D eigenvalue weighted by atomic mass is 16.6. The predicted molar refractivity (Wildman–Crippen MR) is 80.2 cm³/mol. The Labute approximate surface area is 125 Å². The molecule has 0 amide bonds. The molecule has 1 aliphatic heterocycles. The van der Waals surface area contributed by atoms with E-state index in [4.69, 9.17) is 5.73 Å². The van der Waals surface area contributed by atoms with Gasteiger partial charge < -0.3 is 5.73 Å². The summed E-state index contributed by atoms with van der Waals surface area (Å²) >= 11 is 0. The molecule has 1 aromatic carbocycles. The van der Waals surface area contributed by atoms with E-state index < -0.39 is 4.92 Å². The number of benzene rings is 1. The van der Waals surface area contributed by atoms with E-state index in [2.05, 4.69) is 14.9 Å². The van der Waals surface area contributed by atoms with Gasteiger partial charge in [-0.3, -0.25) is 24.8 Å². The monoisotopic (exact) mass is 301 g/mol. The van der Waals surface area contributed by atoms with Crippen molar-refractivity contribution in [2.45, 2.75) is 19.5 Å². The van der Waals surface area contributed by atoms with Crippen LogP contribution in [-0.2, 0) is 19.5 Å². The third-order valence-electron chi connectivity index (χ3n) is 3.72. The van der Waals surface area contributed by atoms with E-state index in [0.717, 1.165) is 17.8 Å². The van der Waals surface area contributed by atoms with Crippen molar-refractivity contribution in [3.05, 3.63) is 61.6 Å². The van der Waals surface area contributed by atoms with Crippen molar-refractivity contribution in [3.8, 4) is 0 Å². The van der Waals surface area contributed by atoms with Gasteiger partial charge in [0.2, 0.25) is 5.95 Å². The topological polar surface area (TPSA) is 118 Å². The van der Waals surface area contributed by atoms with E-state index in [1.165, 1.54) is 12.1 Å². The molecule has 0 unspecified atom stereocenters. The van der Waals surface area contributed by atoms with Gasteiger partial charge in [-0.2, -0.15) is 0 Å². The first-order valence-electron chi connectivity index (χ1n) is 6.86. The van der Waals surface area contributed by atoms with E-state index in [-0.39, 0.29) is 17.2 Å². The van der Waals surface area contributed by atoms with Crippen LogP contribution in [0, 0.1) is 10.1 Å². The van der Waals surface area contributed by atoms with Crippen LogP contribution >= 0.6 is 0 Å².